The molecule has 0 atom stereocenters. The Labute approximate surface area is 115 Å². The molecular weight excluding hydrogens is 238 g/mol. The van der Waals surface area contributed by atoms with Gasteiger partial charge in [0.15, 0.2) is 5.82 Å². The van der Waals surface area contributed by atoms with Crippen LogP contribution in [0, 0.1) is 11.8 Å². The van der Waals surface area contributed by atoms with Gasteiger partial charge >= 0.3 is 0 Å². The van der Waals surface area contributed by atoms with E-state index in [1.165, 1.54) is 44.9 Å². The Hall–Kier alpha value is -0.970. The fraction of sp³-hybridized carbons (Fsp3) is 0.929. The van der Waals surface area contributed by atoms with Crippen LogP contribution >= 0.6 is 0 Å². The predicted molar refractivity (Wildman–Crippen MR) is 73.4 cm³/mol. The number of aryl methyl sites for hydroxylation is 1. The van der Waals surface area contributed by atoms with Crippen molar-refractivity contribution >= 4 is 0 Å². The van der Waals surface area contributed by atoms with Gasteiger partial charge in [-0.3, -0.25) is 0 Å². The zero-order valence-corrected chi connectivity index (χ0v) is 11.9. The molecule has 5 nitrogen and oxygen atoms in total. The molecule has 3 rings (SSSR count). The summed E-state index contributed by atoms with van der Waals surface area (Å²) >= 11 is 0. The van der Waals surface area contributed by atoms with Gasteiger partial charge in [-0.05, 0) is 41.5 Å². The van der Waals surface area contributed by atoms with E-state index in [1.54, 1.807) is 0 Å². The maximum atomic E-state index is 4.13. The Balaban J connectivity index is 1.45. The molecule has 0 radical (unpaired) electrons. The van der Waals surface area contributed by atoms with E-state index in [2.05, 4.69) is 27.8 Å². The Morgan fingerprint density at radius 2 is 1.95 bits per heavy atom. The van der Waals surface area contributed by atoms with Crippen molar-refractivity contribution in [3.63, 3.8) is 0 Å². The summed E-state index contributed by atoms with van der Waals surface area (Å²) in [5.74, 6) is 2.81. The second-order valence-electron chi connectivity index (χ2n) is 6.39. The summed E-state index contributed by atoms with van der Waals surface area (Å²) < 4.78 is 1.99. The molecule has 0 aliphatic heterocycles. The van der Waals surface area contributed by atoms with Gasteiger partial charge in [0.25, 0.3) is 0 Å². The van der Waals surface area contributed by atoms with E-state index in [4.69, 9.17) is 0 Å². The van der Waals surface area contributed by atoms with Gasteiger partial charge < -0.3 is 5.32 Å². The van der Waals surface area contributed by atoms with Crippen LogP contribution in [0.15, 0.2) is 0 Å². The number of aromatic nitrogens is 4. The lowest BCUT2D eigenvalue weighted by Gasteiger charge is -2.25. The molecule has 19 heavy (non-hydrogen) atoms. The van der Waals surface area contributed by atoms with Crippen LogP contribution in [0.2, 0.25) is 0 Å². The number of nitrogens with zero attached hydrogens (tertiary/aromatic N) is 4. The largest absolute Gasteiger partial charge is 0.307 e. The maximum Gasteiger partial charge on any atom is 0.165 e. The van der Waals surface area contributed by atoms with Gasteiger partial charge in [0.1, 0.15) is 0 Å². The molecule has 0 saturated heterocycles. The summed E-state index contributed by atoms with van der Waals surface area (Å²) in [5.41, 5.74) is 0. The van der Waals surface area contributed by atoms with Crippen LogP contribution in [0.5, 0.6) is 0 Å². The standard InChI is InChI=1S/C14H25N5/c1-11-2-4-12(5-3-11)8-9-19-14(16-17-18-19)10-15-13-6-7-13/h11-13,15H,2-10H2,1H3. The van der Waals surface area contributed by atoms with Crippen molar-refractivity contribution in [2.75, 3.05) is 0 Å². The molecule has 2 aliphatic carbocycles. The van der Waals surface area contributed by atoms with Crippen LogP contribution in [0.25, 0.3) is 0 Å². The van der Waals surface area contributed by atoms with Crippen molar-refractivity contribution in [1.29, 1.82) is 0 Å². The first-order valence-corrected chi connectivity index (χ1v) is 7.79. The number of hydrogen-bond donors (Lipinski definition) is 1. The fourth-order valence-electron chi connectivity index (χ4n) is 2.97. The van der Waals surface area contributed by atoms with Crippen molar-refractivity contribution in [1.82, 2.24) is 25.5 Å². The number of hydrogen-bond acceptors (Lipinski definition) is 4. The van der Waals surface area contributed by atoms with E-state index < -0.39 is 0 Å². The van der Waals surface area contributed by atoms with E-state index in [0.717, 1.165) is 30.7 Å². The van der Waals surface area contributed by atoms with Crippen molar-refractivity contribution < 1.29 is 0 Å². The summed E-state index contributed by atoms with van der Waals surface area (Å²) in [6, 6.07) is 0.713. The summed E-state index contributed by atoms with van der Waals surface area (Å²) in [6.07, 6.45) is 9.42. The molecule has 0 aromatic carbocycles. The van der Waals surface area contributed by atoms with Crippen molar-refractivity contribution in [2.45, 2.75) is 71.0 Å². The lowest BCUT2D eigenvalue weighted by molar-refractivity contribution is 0.264. The molecule has 1 N–H and O–H groups in total. The van der Waals surface area contributed by atoms with Crippen LogP contribution < -0.4 is 5.32 Å². The fourth-order valence-corrected chi connectivity index (χ4v) is 2.97. The highest BCUT2D eigenvalue weighted by Crippen LogP contribution is 2.30. The highest BCUT2D eigenvalue weighted by atomic mass is 15.5. The SMILES string of the molecule is CC1CCC(CCn2nnnc2CNC2CC2)CC1. The van der Waals surface area contributed by atoms with Gasteiger partial charge in [0.2, 0.25) is 0 Å². The van der Waals surface area contributed by atoms with E-state index in [1.807, 2.05) is 4.68 Å². The second-order valence-corrected chi connectivity index (χ2v) is 6.39. The average molecular weight is 263 g/mol. The van der Waals surface area contributed by atoms with Crippen molar-refractivity contribution in [2.24, 2.45) is 11.8 Å². The number of nitrogens with one attached hydrogen (secondary N) is 1. The minimum absolute atomic E-state index is 0.713. The molecule has 1 aromatic rings. The van der Waals surface area contributed by atoms with Gasteiger partial charge in [-0.25, -0.2) is 4.68 Å². The molecule has 1 heterocycles. The van der Waals surface area contributed by atoms with Crippen LogP contribution in [0.1, 0.15) is 57.7 Å². The molecule has 0 amide bonds. The zero-order valence-electron chi connectivity index (χ0n) is 11.9. The highest BCUT2D eigenvalue weighted by molar-refractivity contribution is 4.87. The minimum Gasteiger partial charge on any atom is -0.307 e. The minimum atomic E-state index is 0.713. The van der Waals surface area contributed by atoms with Crippen LogP contribution in [0.4, 0.5) is 0 Å². The molecule has 2 aliphatic rings. The molecule has 5 heteroatoms. The summed E-state index contributed by atoms with van der Waals surface area (Å²) in [7, 11) is 0. The molecule has 2 saturated carbocycles. The lowest BCUT2D eigenvalue weighted by atomic mass is 9.81. The maximum absolute atomic E-state index is 4.13. The Bertz CT molecular complexity index is 390. The Morgan fingerprint density at radius 1 is 1.16 bits per heavy atom. The molecular formula is C14H25N5. The van der Waals surface area contributed by atoms with E-state index in [0.29, 0.717) is 6.04 Å². The van der Waals surface area contributed by atoms with Gasteiger partial charge in [0.05, 0.1) is 6.54 Å². The molecule has 1 aromatic heterocycles. The van der Waals surface area contributed by atoms with E-state index in [-0.39, 0.29) is 0 Å². The quantitative estimate of drug-likeness (QED) is 0.854. The van der Waals surface area contributed by atoms with Gasteiger partial charge in [-0.15, -0.1) is 5.10 Å². The first-order valence-electron chi connectivity index (χ1n) is 7.79. The van der Waals surface area contributed by atoms with Crippen molar-refractivity contribution in [3.8, 4) is 0 Å². The number of tetrazole rings is 1. The zero-order chi connectivity index (χ0) is 13.1. The average Bonchev–Trinajstić information content (AvgIpc) is 3.15. The van der Waals surface area contributed by atoms with Gasteiger partial charge in [-0.2, -0.15) is 0 Å². The van der Waals surface area contributed by atoms with Gasteiger partial charge in [0, 0.05) is 12.6 Å². The Morgan fingerprint density at radius 3 is 2.68 bits per heavy atom. The predicted octanol–water partition coefficient (Wildman–Crippen LogP) is 2.14. The van der Waals surface area contributed by atoms with Crippen LogP contribution in [0.3, 0.4) is 0 Å². The first-order chi connectivity index (χ1) is 9.31. The third-order valence-electron chi connectivity index (χ3n) is 4.62. The molecule has 106 valence electrons. The molecule has 0 unspecified atom stereocenters. The monoisotopic (exact) mass is 263 g/mol. The summed E-state index contributed by atoms with van der Waals surface area (Å²) in [5, 5.41) is 15.6. The van der Waals surface area contributed by atoms with Crippen LogP contribution in [-0.2, 0) is 13.1 Å². The first kappa shape index (κ1) is 13.0. The number of rotatable bonds is 6. The molecule has 0 bridgehead atoms. The summed E-state index contributed by atoms with van der Waals surface area (Å²) in [4.78, 5) is 0. The molecule has 0 spiro atoms. The van der Waals surface area contributed by atoms with E-state index >= 15 is 0 Å². The van der Waals surface area contributed by atoms with Crippen LogP contribution in [-0.4, -0.2) is 26.2 Å². The van der Waals surface area contributed by atoms with Gasteiger partial charge in [-0.1, -0.05) is 32.6 Å². The summed E-state index contributed by atoms with van der Waals surface area (Å²) in [6.45, 7) is 4.17. The highest BCUT2D eigenvalue weighted by Gasteiger charge is 2.22. The smallest absolute Gasteiger partial charge is 0.165 e. The molecule has 2 fully saturated rings. The second kappa shape index (κ2) is 5.99. The third kappa shape index (κ3) is 3.75. The Kier molecular flexibility index (Phi) is 4.11. The van der Waals surface area contributed by atoms with E-state index in [9.17, 15) is 0 Å². The lowest BCUT2D eigenvalue weighted by Crippen LogP contribution is -2.20. The topological polar surface area (TPSA) is 55.6 Å². The normalized spacial score (nSPS) is 27.6. The van der Waals surface area contributed by atoms with Crippen molar-refractivity contribution in [3.05, 3.63) is 5.82 Å². The third-order valence-corrected chi connectivity index (χ3v) is 4.62.